The molecule has 94 valence electrons. The van der Waals surface area contributed by atoms with Crippen molar-refractivity contribution < 1.29 is 4.79 Å². The summed E-state index contributed by atoms with van der Waals surface area (Å²) in [6.07, 6.45) is 7.75. The zero-order valence-corrected chi connectivity index (χ0v) is 10.7. The molecular weight excluding hydrogens is 222 g/mol. The molecule has 0 radical (unpaired) electrons. The summed E-state index contributed by atoms with van der Waals surface area (Å²) in [4.78, 5) is 14.6. The average molecular weight is 241 g/mol. The number of amides is 1. The van der Waals surface area contributed by atoms with Gasteiger partial charge in [-0.1, -0.05) is 30.3 Å². The van der Waals surface area contributed by atoms with Gasteiger partial charge in [0, 0.05) is 18.7 Å². The van der Waals surface area contributed by atoms with Gasteiger partial charge in [0.25, 0.3) is 5.91 Å². The van der Waals surface area contributed by atoms with E-state index in [-0.39, 0.29) is 5.91 Å². The highest BCUT2D eigenvalue weighted by Crippen LogP contribution is 2.28. The Balaban J connectivity index is 1.87. The first-order chi connectivity index (χ1) is 8.86. The van der Waals surface area contributed by atoms with Gasteiger partial charge in [-0.2, -0.15) is 0 Å². The molecule has 3 rings (SSSR count). The number of hydrogen-bond acceptors (Lipinski definition) is 1. The Labute approximate surface area is 108 Å². The van der Waals surface area contributed by atoms with Crippen LogP contribution in [0.5, 0.6) is 0 Å². The molecule has 0 atom stereocenters. The summed E-state index contributed by atoms with van der Waals surface area (Å²) >= 11 is 0. The smallest absolute Gasteiger partial charge is 0.254 e. The molecule has 1 fully saturated rings. The summed E-state index contributed by atoms with van der Waals surface area (Å²) in [5.74, 6) is 0.238. The zero-order chi connectivity index (χ0) is 12.4. The molecule has 0 unspecified atom stereocenters. The quantitative estimate of drug-likeness (QED) is 0.740. The summed E-state index contributed by atoms with van der Waals surface area (Å²) in [6, 6.07) is 8.32. The van der Waals surface area contributed by atoms with Crippen LogP contribution >= 0.6 is 0 Å². The molecule has 2 nitrogen and oxygen atoms in total. The number of likely N-dealkylation sites (tertiary alicyclic amines) is 1. The lowest BCUT2D eigenvalue weighted by molar-refractivity contribution is -0.125. The van der Waals surface area contributed by atoms with Gasteiger partial charge in [0.1, 0.15) is 0 Å². The van der Waals surface area contributed by atoms with Crippen molar-refractivity contribution in [1.29, 1.82) is 0 Å². The minimum Gasteiger partial charge on any atom is -0.339 e. The molecular formula is C16H19NO. The third-order valence-electron chi connectivity index (χ3n) is 3.94. The van der Waals surface area contributed by atoms with E-state index >= 15 is 0 Å². The van der Waals surface area contributed by atoms with Crippen molar-refractivity contribution in [2.45, 2.75) is 32.1 Å². The Morgan fingerprint density at radius 1 is 1.06 bits per heavy atom. The molecule has 0 bridgehead atoms. The molecule has 0 saturated carbocycles. The van der Waals surface area contributed by atoms with Gasteiger partial charge in [0.15, 0.2) is 0 Å². The van der Waals surface area contributed by atoms with Gasteiger partial charge in [-0.3, -0.25) is 4.79 Å². The van der Waals surface area contributed by atoms with E-state index in [9.17, 15) is 4.79 Å². The number of aryl methyl sites for hydroxylation is 1. The Bertz CT molecular complexity index is 484. The van der Waals surface area contributed by atoms with Crippen LogP contribution in [0.1, 0.15) is 36.8 Å². The average Bonchev–Trinajstić information content (AvgIpc) is 2.47. The lowest BCUT2D eigenvalue weighted by atomic mass is 9.90. The minimum atomic E-state index is 0.238. The van der Waals surface area contributed by atoms with E-state index in [2.05, 4.69) is 24.3 Å². The Morgan fingerprint density at radius 3 is 2.67 bits per heavy atom. The first-order valence-corrected chi connectivity index (χ1v) is 6.94. The molecule has 1 aromatic carbocycles. The van der Waals surface area contributed by atoms with E-state index in [4.69, 9.17) is 0 Å². The number of benzene rings is 1. The second kappa shape index (κ2) is 4.97. The van der Waals surface area contributed by atoms with Crippen LogP contribution in [0.4, 0.5) is 0 Å². The van der Waals surface area contributed by atoms with Crippen LogP contribution in [-0.2, 0) is 11.2 Å². The van der Waals surface area contributed by atoms with Gasteiger partial charge < -0.3 is 4.90 Å². The fourth-order valence-corrected chi connectivity index (χ4v) is 2.95. The topological polar surface area (TPSA) is 20.3 Å². The van der Waals surface area contributed by atoms with Crippen molar-refractivity contribution in [2.75, 3.05) is 13.1 Å². The van der Waals surface area contributed by atoms with E-state index in [1.54, 1.807) is 0 Å². The number of carbonyl (C=O) groups excluding carboxylic acids is 1. The number of allylic oxidation sites excluding steroid dienone is 1. The van der Waals surface area contributed by atoms with E-state index in [0.717, 1.165) is 49.9 Å². The lowest BCUT2D eigenvalue weighted by Crippen LogP contribution is -2.36. The van der Waals surface area contributed by atoms with Crippen LogP contribution < -0.4 is 0 Å². The van der Waals surface area contributed by atoms with Crippen molar-refractivity contribution in [2.24, 2.45) is 0 Å². The van der Waals surface area contributed by atoms with Crippen LogP contribution in [-0.4, -0.2) is 23.9 Å². The Morgan fingerprint density at radius 2 is 1.83 bits per heavy atom. The predicted molar refractivity (Wildman–Crippen MR) is 73.2 cm³/mol. The van der Waals surface area contributed by atoms with Gasteiger partial charge in [-0.15, -0.1) is 0 Å². The zero-order valence-electron chi connectivity index (χ0n) is 10.7. The maximum atomic E-state index is 12.6. The van der Waals surface area contributed by atoms with Gasteiger partial charge in [0.2, 0.25) is 0 Å². The summed E-state index contributed by atoms with van der Waals surface area (Å²) < 4.78 is 0. The summed E-state index contributed by atoms with van der Waals surface area (Å²) in [6.45, 7) is 1.86. The highest BCUT2D eigenvalue weighted by Gasteiger charge is 2.24. The Hall–Kier alpha value is -1.57. The van der Waals surface area contributed by atoms with E-state index in [0.29, 0.717) is 0 Å². The molecule has 2 heteroatoms. The normalized spacial score (nSPS) is 19.1. The van der Waals surface area contributed by atoms with Gasteiger partial charge in [-0.25, -0.2) is 0 Å². The van der Waals surface area contributed by atoms with Crippen LogP contribution in [0.2, 0.25) is 0 Å². The van der Waals surface area contributed by atoms with Gasteiger partial charge in [0.05, 0.1) is 0 Å². The largest absolute Gasteiger partial charge is 0.339 e. The number of nitrogens with zero attached hydrogens (tertiary/aromatic N) is 1. The number of fused-ring (bicyclic) bond motifs is 1. The van der Waals surface area contributed by atoms with Gasteiger partial charge in [-0.05, 0) is 43.2 Å². The molecule has 1 heterocycles. The lowest BCUT2D eigenvalue weighted by Gasteiger charge is -2.29. The maximum absolute atomic E-state index is 12.6. The number of piperidine rings is 1. The monoisotopic (exact) mass is 241 g/mol. The predicted octanol–water partition coefficient (Wildman–Crippen LogP) is 3.03. The summed E-state index contributed by atoms with van der Waals surface area (Å²) in [7, 11) is 0. The standard InChI is InChI=1S/C16H19NO/c18-16(17-11-4-1-5-12-17)15-10-6-8-13-7-2-3-9-14(13)15/h2-3,7,9-10H,1,4-6,8,11-12H2. The molecule has 1 amide bonds. The summed E-state index contributed by atoms with van der Waals surface area (Å²) in [5.41, 5.74) is 3.40. The van der Waals surface area contributed by atoms with E-state index in [1.807, 2.05) is 11.0 Å². The SMILES string of the molecule is O=C(C1=CCCc2ccccc21)N1CCCCC1. The minimum absolute atomic E-state index is 0.238. The number of rotatable bonds is 1. The molecule has 2 aliphatic rings. The first kappa shape index (κ1) is 11.5. The van der Waals surface area contributed by atoms with Crippen molar-refractivity contribution in [3.8, 4) is 0 Å². The maximum Gasteiger partial charge on any atom is 0.254 e. The highest BCUT2D eigenvalue weighted by molar-refractivity contribution is 6.20. The third kappa shape index (κ3) is 2.07. The summed E-state index contributed by atoms with van der Waals surface area (Å²) in [5, 5.41) is 0. The van der Waals surface area contributed by atoms with Crippen molar-refractivity contribution >= 4 is 11.5 Å². The van der Waals surface area contributed by atoms with E-state index in [1.165, 1.54) is 12.0 Å². The molecule has 1 aromatic rings. The van der Waals surface area contributed by atoms with Crippen LogP contribution in [0, 0.1) is 0 Å². The second-order valence-electron chi connectivity index (χ2n) is 5.17. The van der Waals surface area contributed by atoms with Crippen LogP contribution in [0.3, 0.4) is 0 Å². The molecule has 0 N–H and O–H groups in total. The third-order valence-corrected chi connectivity index (χ3v) is 3.94. The van der Waals surface area contributed by atoms with Crippen LogP contribution in [0.15, 0.2) is 30.3 Å². The number of carbonyl (C=O) groups is 1. The number of hydrogen-bond donors (Lipinski definition) is 0. The van der Waals surface area contributed by atoms with Crippen molar-refractivity contribution in [3.63, 3.8) is 0 Å². The van der Waals surface area contributed by atoms with Crippen molar-refractivity contribution in [3.05, 3.63) is 41.5 Å². The fourth-order valence-electron chi connectivity index (χ4n) is 2.95. The molecule has 0 aromatic heterocycles. The molecule has 1 aliphatic heterocycles. The second-order valence-corrected chi connectivity index (χ2v) is 5.17. The molecule has 1 saturated heterocycles. The van der Waals surface area contributed by atoms with Gasteiger partial charge >= 0.3 is 0 Å². The highest BCUT2D eigenvalue weighted by atomic mass is 16.2. The molecule has 1 aliphatic carbocycles. The molecule has 18 heavy (non-hydrogen) atoms. The Kier molecular flexibility index (Phi) is 3.18. The first-order valence-electron chi connectivity index (χ1n) is 6.94. The van der Waals surface area contributed by atoms with Crippen LogP contribution in [0.25, 0.3) is 5.57 Å². The fraction of sp³-hybridized carbons (Fsp3) is 0.438. The molecule has 0 spiro atoms. The van der Waals surface area contributed by atoms with Crippen molar-refractivity contribution in [1.82, 2.24) is 4.90 Å². The van der Waals surface area contributed by atoms with E-state index < -0.39 is 0 Å².